The zero-order chi connectivity index (χ0) is 47.4. The molecule has 1 N–H and O–H groups in total. The molecule has 9 aromatic rings. The minimum atomic E-state index is -0.0257. The van der Waals surface area contributed by atoms with Crippen molar-refractivity contribution in [1.29, 1.82) is 0 Å². The molecule has 0 fully saturated rings. The van der Waals surface area contributed by atoms with Crippen LogP contribution < -0.4 is 5.32 Å². The molecule has 0 aliphatic heterocycles. The van der Waals surface area contributed by atoms with E-state index in [4.69, 9.17) is 0 Å². The summed E-state index contributed by atoms with van der Waals surface area (Å²) in [5.74, 6) is 0.0591. The van der Waals surface area contributed by atoms with E-state index in [1.807, 2.05) is 31.2 Å². The van der Waals surface area contributed by atoms with Gasteiger partial charge in [-0.1, -0.05) is 226 Å². The highest BCUT2D eigenvalue weighted by Gasteiger charge is 2.35. The van der Waals surface area contributed by atoms with Crippen LogP contribution in [-0.2, 0) is 0 Å². The van der Waals surface area contributed by atoms with Crippen LogP contribution in [-0.4, -0.2) is 10.6 Å². The van der Waals surface area contributed by atoms with E-state index in [0.717, 1.165) is 28.9 Å². The molecule has 2 unspecified atom stereocenters. The van der Waals surface area contributed by atoms with Gasteiger partial charge < -0.3 is 9.88 Å². The topological polar surface area (TPSA) is 17.0 Å². The van der Waals surface area contributed by atoms with Gasteiger partial charge in [-0.2, -0.15) is 0 Å². The summed E-state index contributed by atoms with van der Waals surface area (Å²) in [6, 6.07) is 69.0. The van der Waals surface area contributed by atoms with Crippen molar-refractivity contribution in [3.63, 3.8) is 0 Å². The average molecular weight is 899 g/mol. The number of anilines is 1. The lowest BCUT2D eigenvalue weighted by molar-refractivity contribution is 0.756. The molecular formula is C68H54N2. The predicted octanol–water partition coefficient (Wildman–Crippen LogP) is 18.0. The van der Waals surface area contributed by atoms with Gasteiger partial charge in [0.2, 0.25) is 0 Å². The molecular weight excluding hydrogens is 845 g/mol. The predicted molar refractivity (Wildman–Crippen MR) is 302 cm³/mol. The minimum Gasteiger partial charge on any atom is -0.378 e. The standard InChI is InChI=1S/C68H54N2/c1-4-7-9-10-14-26-57(51-23-12-11-13-24-51)68-60-29-18-17-27-58(60)62-45-61(65(46-64(62)68)69-55-39-35-48-22-15-16-25-53(48)43-55)52-33-31-50(32-34-52)54-38-42-67-63(44-54)59-28-19-20-30-66(59)70(67)56-40-36-49(37-41-56)47(6-3)21-8-5-2/h4-25,27-46,61,65,69H,1,3,26H2,2H3/b8-5-,9-7-,14-10-,47-21+,68-57+. The molecule has 0 amide bonds. The van der Waals surface area contributed by atoms with Gasteiger partial charge in [-0.25, -0.2) is 0 Å². The Morgan fingerprint density at radius 3 is 2.10 bits per heavy atom. The van der Waals surface area contributed by atoms with Gasteiger partial charge in [-0.3, -0.25) is 0 Å². The number of rotatable bonds is 13. The van der Waals surface area contributed by atoms with E-state index < -0.39 is 0 Å². The lowest BCUT2D eigenvalue weighted by Crippen LogP contribution is -2.27. The minimum absolute atomic E-state index is 0.0257. The molecule has 11 rings (SSSR count). The van der Waals surface area contributed by atoms with Crippen LogP contribution in [0.5, 0.6) is 0 Å². The van der Waals surface area contributed by atoms with Crippen LogP contribution >= 0.6 is 0 Å². The fourth-order valence-electron chi connectivity index (χ4n) is 10.5. The van der Waals surface area contributed by atoms with Crippen molar-refractivity contribution in [1.82, 2.24) is 4.57 Å². The summed E-state index contributed by atoms with van der Waals surface area (Å²) in [6.07, 6.45) is 24.2. The average Bonchev–Trinajstić information content (AvgIpc) is 3.92. The first-order chi connectivity index (χ1) is 34.6. The number of aromatic nitrogens is 1. The molecule has 8 aromatic carbocycles. The number of allylic oxidation sites excluding steroid dienone is 14. The molecule has 336 valence electrons. The number of hydrogen-bond donors (Lipinski definition) is 1. The number of nitrogens with zero attached hydrogens (tertiary/aromatic N) is 1. The maximum atomic E-state index is 4.06. The van der Waals surface area contributed by atoms with Crippen LogP contribution in [0.1, 0.15) is 47.1 Å². The second-order valence-corrected chi connectivity index (χ2v) is 18.0. The number of benzene rings is 8. The van der Waals surface area contributed by atoms with E-state index in [1.165, 1.54) is 88.3 Å². The SMILES string of the molecule is C=C/C=C\C=C/C/C(=C1\C2=CC(Nc3ccc4ccccc4c3)C(c3ccc(-c4ccc5c(c4)c4ccccc4n5-c4ccc(/C(C=C)=C/C=C\C)cc4)cc3)C=C2c2ccccc21)c1ccccc1. The van der Waals surface area contributed by atoms with Gasteiger partial charge in [0.05, 0.1) is 17.1 Å². The molecule has 70 heavy (non-hydrogen) atoms. The molecule has 0 spiro atoms. The quantitative estimate of drug-likeness (QED) is 0.114. The Morgan fingerprint density at radius 1 is 0.571 bits per heavy atom. The molecule has 1 aromatic heterocycles. The number of fused-ring (bicyclic) bond motifs is 7. The molecule has 2 aliphatic rings. The molecule has 0 radical (unpaired) electrons. The number of nitrogens with one attached hydrogen (secondary N) is 1. The summed E-state index contributed by atoms with van der Waals surface area (Å²) >= 11 is 0. The summed E-state index contributed by atoms with van der Waals surface area (Å²) < 4.78 is 2.38. The number of para-hydroxylation sites is 1. The summed E-state index contributed by atoms with van der Waals surface area (Å²) in [4.78, 5) is 0. The van der Waals surface area contributed by atoms with Gasteiger partial charge in [-0.05, 0) is 133 Å². The van der Waals surface area contributed by atoms with Gasteiger partial charge in [0.15, 0.2) is 0 Å². The van der Waals surface area contributed by atoms with Crippen LogP contribution in [0, 0.1) is 0 Å². The Labute approximate surface area is 412 Å². The van der Waals surface area contributed by atoms with Gasteiger partial charge >= 0.3 is 0 Å². The van der Waals surface area contributed by atoms with Crippen molar-refractivity contribution in [2.45, 2.75) is 25.3 Å². The van der Waals surface area contributed by atoms with Crippen molar-refractivity contribution in [2.75, 3.05) is 5.32 Å². The molecule has 1 heterocycles. The van der Waals surface area contributed by atoms with Gasteiger partial charge in [0.25, 0.3) is 0 Å². The van der Waals surface area contributed by atoms with E-state index in [-0.39, 0.29) is 12.0 Å². The number of hydrogen-bond acceptors (Lipinski definition) is 1. The van der Waals surface area contributed by atoms with Crippen molar-refractivity contribution in [3.05, 3.63) is 301 Å². The lowest BCUT2D eigenvalue weighted by atomic mass is 9.80. The zero-order valence-corrected chi connectivity index (χ0v) is 39.5. The van der Waals surface area contributed by atoms with Crippen LogP contribution in [0.2, 0.25) is 0 Å². The summed E-state index contributed by atoms with van der Waals surface area (Å²) in [5.41, 5.74) is 19.5. The third-order valence-electron chi connectivity index (χ3n) is 13.9. The van der Waals surface area contributed by atoms with E-state index in [2.05, 4.69) is 254 Å². The monoisotopic (exact) mass is 898 g/mol. The normalized spacial score (nSPS) is 16.5. The lowest BCUT2D eigenvalue weighted by Gasteiger charge is -2.30. The van der Waals surface area contributed by atoms with Crippen LogP contribution in [0.3, 0.4) is 0 Å². The molecule has 2 heteroatoms. The maximum Gasteiger partial charge on any atom is 0.0557 e. The molecule has 0 saturated carbocycles. The van der Waals surface area contributed by atoms with Gasteiger partial charge in [0.1, 0.15) is 0 Å². The van der Waals surface area contributed by atoms with Gasteiger partial charge in [-0.15, -0.1) is 0 Å². The maximum absolute atomic E-state index is 4.06. The Hall–Kier alpha value is -8.72. The first-order valence-corrected chi connectivity index (χ1v) is 24.3. The Kier molecular flexibility index (Phi) is 12.2. The van der Waals surface area contributed by atoms with Crippen molar-refractivity contribution in [3.8, 4) is 16.8 Å². The fraction of sp³-hybridized carbons (Fsp3) is 0.0588. The summed E-state index contributed by atoms with van der Waals surface area (Å²) in [6.45, 7) is 9.95. The Bertz CT molecular complexity index is 3670. The molecule has 0 saturated heterocycles. The highest BCUT2D eigenvalue weighted by Crippen LogP contribution is 2.53. The zero-order valence-electron chi connectivity index (χ0n) is 39.5. The Morgan fingerprint density at radius 2 is 1.30 bits per heavy atom. The van der Waals surface area contributed by atoms with E-state index in [1.54, 1.807) is 0 Å². The third kappa shape index (κ3) is 8.35. The van der Waals surface area contributed by atoms with Crippen molar-refractivity contribution < 1.29 is 0 Å². The molecule has 2 nitrogen and oxygen atoms in total. The first-order valence-electron chi connectivity index (χ1n) is 24.3. The first kappa shape index (κ1) is 43.8. The Balaban J connectivity index is 0.990. The largest absolute Gasteiger partial charge is 0.378 e. The highest BCUT2D eigenvalue weighted by molar-refractivity contribution is 6.16. The summed E-state index contributed by atoms with van der Waals surface area (Å²) in [7, 11) is 0. The van der Waals surface area contributed by atoms with E-state index >= 15 is 0 Å². The van der Waals surface area contributed by atoms with Crippen molar-refractivity contribution >= 4 is 60.6 Å². The molecule has 0 bridgehead atoms. The van der Waals surface area contributed by atoms with Crippen LogP contribution in [0.15, 0.2) is 274 Å². The van der Waals surface area contributed by atoms with Gasteiger partial charge in [0, 0.05) is 28.1 Å². The van der Waals surface area contributed by atoms with E-state index in [0.29, 0.717) is 0 Å². The summed E-state index contributed by atoms with van der Waals surface area (Å²) in [5, 5.41) is 8.98. The highest BCUT2D eigenvalue weighted by atomic mass is 15.0. The van der Waals surface area contributed by atoms with E-state index in [9.17, 15) is 0 Å². The molecule has 2 aliphatic carbocycles. The van der Waals surface area contributed by atoms with Crippen LogP contribution in [0.25, 0.3) is 71.7 Å². The third-order valence-corrected chi connectivity index (χ3v) is 13.9. The second-order valence-electron chi connectivity index (χ2n) is 18.0. The molecule has 2 atom stereocenters. The van der Waals surface area contributed by atoms with Crippen LogP contribution in [0.4, 0.5) is 5.69 Å². The van der Waals surface area contributed by atoms with Crippen molar-refractivity contribution in [2.24, 2.45) is 0 Å². The smallest absolute Gasteiger partial charge is 0.0557 e. The second kappa shape index (κ2) is 19.5. The fourth-order valence-corrected chi connectivity index (χ4v) is 10.5.